The van der Waals surface area contributed by atoms with E-state index in [1.165, 1.54) is 0 Å². The van der Waals surface area contributed by atoms with E-state index < -0.39 is 0 Å². The molecule has 1 fully saturated rings. The van der Waals surface area contributed by atoms with Crippen molar-refractivity contribution in [3.63, 3.8) is 0 Å². The van der Waals surface area contributed by atoms with Crippen molar-refractivity contribution in [1.29, 1.82) is 0 Å². The first kappa shape index (κ1) is 22.7. The lowest BCUT2D eigenvalue weighted by Gasteiger charge is -2.33. The van der Waals surface area contributed by atoms with Crippen LogP contribution in [0.4, 0.5) is 0 Å². The number of nitrogens with zero attached hydrogens (tertiary/aromatic N) is 1. The average Bonchev–Trinajstić information content (AvgIpc) is 2.75. The van der Waals surface area contributed by atoms with Crippen molar-refractivity contribution in [1.82, 2.24) is 4.90 Å². The minimum atomic E-state index is -0.228. The number of carbonyl (C=O) groups excluding carboxylic acids is 1. The summed E-state index contributed by atoms with van der Waals surface area (Å²) in [5, 5.41) is 1.13. The number of methoxy groups -OCH3 is 1. The van der Waals surface area contributed by atoms with Crippen molar-refractivity contribution in [2.24, 2.45) is 0 Å². The lowest BCUT2D eigenvalue weighted by Crippen LogP contribution is -2.47. The van der Waals surface area contributed by atoms with Crippen LogP contribution < -0.4 is 9.47 Å². The Morgan fingerprint density at radius 2 is 1.97 bits per heavy atom. The molecule has 1 atom stereocenters. The smallest absolute Gasteiger partial charge is 0.254 e. The summed E-state index contributed by atoms with van der Waals surface area (Å²) in [7, 11) is 1.57. The average molecular weight is 454 g/mol. The van der Waals surface area contributed by atoms with E-state index in [2.05, 4.69) is 0 Å². The summed E-state index contributed by atoms with van der Waals surface area (Å²) >= 11 is 12.3. The van der Waals surface area contributed by atoms with Gasteiger partial charge in [-0.25, -0.2) is 0 Å². The molecule has 1 heterocycles. The Balaban J connectivity index is 1.59. The normalized spacial score (nSPS) is 16.4. The highest BCUT2D eigenvalue weighted by Crippen LogP contribution is 2.29. The van der Waals surface area contributed by atoms with Crippen LogP contribution in [0.2, 0.25) is 10.0 Å². The quantitative estimate of drug-likeness (QED) is 0.590. The zero-order valence-electron chi connectivity index (χ0n) is 17.0. The van der Waals surface area contributed by atoms with Crippen LogP contribution in [0.5, 0.6) is 11.5 Å². The molecule has 1 amide bonds. The zero-order valence-corrected chi connectivity index (χ0v) is 18.5. The van der Waals surface area contributed by atoms with E-state index in [0.717, 1.165) is 5.56 Å². The van der Waals surface area contributed by atoms with Crippen LogP contribution in [0.15, 0.2) is 36.4 Å². The van der Waals surface area contributed by atoms with Gasteiger partial charge in [-0.15, -0.1) is 0 Å². The fraction of sp³-hybridized carbons (Fsp3) is 0.409. The van der Waals surface area contributed by atoms with Gasteiger partial charge in [-0.3, -0.25) is 4.79 Å². The Kier molecular flexibility index (Phi) is 8.22. The first-order chi connectivity index (χ1) is 14.5. The molecule has 0 bridgehead atoms. The third-order valence-electron chi connectivity index (χ3n) is 4.75. The summed E-state index contributed by atoms with van der Waals surface area (Å²) in [4.78, 5) is 14.7. The topological polar surface area (TPSA) is 57.2 Å². The van der Waals surface area contributed by atoms with E-state index in [9.17, 15) is 4.79 Å². The van der Waals surface area contributed by atoms with Crippen LogP contribution in [0, 0.1) is 0 Å². The van der Waals surface area contributed by atoms with Crippen LogP contribution in [-0.4, -0.2) is 56.9 Å². The molecule has 30 heavy (non-hydrogen) atoms. The number of halogens is 2. The van der Waals surface area contributed by atoms with E-state index >= 15 is 0 Å². The molecule has 3 rings (SSSR count). The highest BCUT2D eigenvalue weighted by molar-refractivity contribution is 6.35. The molecule has 2 aromatic rings. The first-order valence-corrected chi connectivity index (χ1v) is 10.5. The van der Waals surface area contributed by atoms with Gasteiger partial charge < -0.3 is 23.8 Å². The van der Waals surface area contributed by atoms with Crippen molar-refractivity contribution in [2.75, 3.05) is 40.0 Å². The highest BCUT2D eigenvalue weighted by Gasteiger charge is 2.26. The molecule has 0 aliphatic carbocycles. The summed E-state index contributed by atoms with van der Waals surface area (Å²) in [5.41, 5.74) is 1.29. The molecule has 1 saturated heterocycles. The molecule has 0 saturated carbocycles. The summed E-state index contributed by atoms with van der Waals surface area (Å²) in [6.07, 6.45) is -0.228. The van der Waals surface area contributed by atoms with Crippen molar-refractivity contribution in [3.8, 4) is 11.5 Å². The van der Waals surface area contributed by atoms with E-state index in [-0.39, 0.29) is 18.6 Å². The predicted octanol–water partition coefficient (Wildman–Crippen LogP) is 4.46. The number of hydrogen-bond acceptors (Lipinski definition) is 5. The minimum Gasteiger partial charge on any atom is -0.493 e. The summed E-state index contributed by atoms with van der Waals surface area (Å²) < 4.78 is 22.4. The number of morpholine rings is 1. The third-order valence-corrected chi connectivity index (χ3v) is 5.46. The summed E-state index contributed by atoms with van der Waals surface area (Å²) in [5.74, 6) is 1.07. The Bertz CT molecular complexity index is 856. The SMILES string of the molecule is CCOc1cc(C(=O)N2CCOC(COCc3c(Cl)cccc3Cl)C2)ccc1OC. The van der Waals surface area contributed by atoms with E-state index in [0.29, 0.717) is 60.0 Å². The van der Waals surface area contributed by atoms with Crippen LogP contribution in [-0.2, 0) is 16.1 Å². The summed E-state index contributed by atoms with van der Waals surface area (Å²) in [6, 6.07) is 10.5. The predicted molar refractivity (Wildman–Crippen MR) is 116 cm³/mol. The van der Waals surface area contributed by atoms with Gasteiger partial charge in [-0.05, 0) is 37.3 Å². The van der Waals surface area contributed by atoms with E-state index in [1.54, 1.807) is 48.4 Å². The van der Waals surface area contributed by atoms with Gasteiger partial charge in [0.15, 0.2) is 11.5 Å². The Morgan fingerprint density at radius 3 is 2.67 bits per heavy atom. The molecule has 162 valence electrons. The molecule has 1 aliphatic heterocycles. The molecule has 8 heteroatoms. The van der Waals surface area contributed by atoms with Crippen molar-refractivity contribution >= 4 is 29.1 Å². The fourth-order valence-corrected chi connectivity index (χ4v) is 3.73. The van der Waals surface area contributed by atoms with Crippen molar-refractivity contribution in [3.05, 3.63) is 57.6 Å². The molecular weight excluding hydrogens is 429 g/mol. The second-order valence-electron chi connectivity index (χ2n) is 6.76. The van der Waals surface area contributed by atoms with Crippen molar-refractivity contribution in [2.45, 2.75) is 19.6 Å². The lowest BCUT2D eigenvalue weighted by atomic mass is 10.1. The van der Waals surface area contributed by atoms with Crippen molar-refractivity contribution < 1.29 is 23.7 Å². The Labute approximate surface area is 186 Å². The second-order valence-corrected chi connectivity index (χ2v) is 7.57. The number of carbonyl (C=O) groups is 1. The molecule has 0 aromatic heterocycles. The van der Waals surface area contributed by atoms with Gasteiger partial charge in [0, 0.05) is 34.3 Å². The standard InChI is InChI=1S/C22H25Cl2NO5/c1-3-29-21-11-15(7-8-20(21)27-2)22(26)25-9-10-30-16(12-25)13-28-14-17-18(23)5-4-6-19(17)24/h4-8,11,16H,3,9-10,12-14H2,1-2H3. The van der Waals surface area contributed by atoms with Gasteiger partial charge in [-0.1, -0.05) is 29.3 Å². The molecule has 2 aromatic carbocycles. The van der Waals surface area contributed by atoms with Gasteiger partial charge in [-0.2, -0.15) is 0 Å². The molecule has 0 radical (unpaired) electrons. The van der Waals surface area contributed by atoms with E-state index in [4.69, 9.17) is 42.1 Å². The van der Waals surface area contributed by atoms with Gasteiger partial charge in [0.1, 0.15) is 0 Å². The third kappa shape index (κ3) is 5.58. The number of hydrogen-bond donors (Lipinski definition) is 0. The number of amides is 1. The monoisotopic (exact) mass is 453 g/mol. The van der Waals surface area contributed by atoms with Crippen LogP contribution in [0.3, 0.4) is 0 Å². The number of benzene rings is 2. The van der Waals surface area contributed by atoms with Crippen LogP contribution >= 0.6 is 23.2 Å². The molecular formula is C22H25Cl2NO5. The molecule has 1 aliphatic rings. The molecule has 1 unspecified atom stereocenters. The number of rotatable bonds is 8. The van der Waals surface area contributed by atoms with Gasteiger partial charge in [0.2, 0.25) is 0 Å². The van der Waals surface area contributed by atoms with E-state index in [1.807, 2.05) is 6.92 Å². The zero-order chi connectivity index (χ0) is 21.5. The molecule has 0 spiro atoms. The molecule has 0 N–H and O–H groups in total. The maximum Gasteiger partial charge on any atom is 0.254 e. The lowest BCUT2D eigenvalue weighted by molar-refractivity contribution is -0.0647. The van der Waals surface area contributed by atoms with Crippen LogP contribution in [0.1, 0.15) is 22.8 Å². The van der Waals surface area contributed by atoms with Crippen LogP contribution in [0.25, 0.3) is 0 Å². The summed E-state index contributed by atoms with van der Waals surface area (Å²) in [6.45, 7) is 4.38. The molecule has 6 nitrogen and oxygen atoms in total. The van der Waals surface area contributed by atoms with Gasteiger partial charge in [0.05, 0.1) is 39.6 Å². The fourth-order valence-electron chi connectivity index (χ4n) is 3.23. The maximum atomic E-state index is 13.0. The Morgan fingerprint density at radius 1 is 1.20 bits per heavy atom. The largest absolute Gasteiger partial charge is 0.493 e. The number of ether oxygens (including phenoxy) is 4. The second kappa shape index (κ2) is 10.9. The first-order valence-electron chi connectivity index (χ1n) is 9.75. The highest BCUT2D eigenvalue weighted by atomic mass is 35.5. The Hall–Kier alpha value is -1.99. The maximum absolute atomic E-state index is 13.0. The van der Waals surface area contributed by atoms with Gasteiger partial charge in [0.25, 0.3) is 5.91 Å². The van der Waals surface area contributed by atoms with Gasteiger partial charge >= 0.3 is 0 Å². The minimum absolute atomic E-state index is 0.0824.